The van der Waals surface area contributed by atoms with Crippen LogP contribution in [-0.4, -0.2) is 26.9 Å². The zero-order valence-corrected chi connectivity index (χ0v) is 12.1. The summed E-state index contributed by atoms with van der Waals surface area (Å²) in [6.07, 6.45) is 2.47. The third-order valence-electron chi connectivity index (χ3n) is 3.38. The molecule has 0 saturated heterocycles. The maximum atomic E-state index is 11.8. The monoisotopic (exact) mass is 314 g/mol. The molecule has 3 aromatic rings. The number of hydrogen-bond acceptors (Lipinski definition) is 5. The zero-order chi connectivity index (χ0) is 16.2. The summed E-state index contributed by atoms with van der Waals surface area (Å²) < 4.78 is 6.85. The minimum Gasteiger partial charge on any atom is -0.395 e. The van der Waals surface area contributed by atoms with Gasteiger partial charge < -0.3 is 14.3 Å². The van der Waals surface area contributed by atoms with Crippen LogP contribution >= 0.6 is 0 Å². The molecular formula is C15H14N4O4. The predicted octanol–water partition coefficient (Wildman–Crippen LogP) is 2.36. The molecular weight excluding hydrogens is 300 g/mol. The highest BCUT2D eigenvalue weighted by Gasteiger charge is 2.16. The lowest BCUT2D eigenvalue weighted by molar-refractivity contribution is -0.402. The van der Waals surface area contributed by atoms with Gasteiger partial charge in [-0.3, -0.25) is 14.9 Å². The molecule has 0 radical (unpaired) electrons. The summed E-state index contributed by atoms with van der Waals surface area (Å²) in [5.74, 6) is -0.974. The van der Waals surface area contributed by atoms with E-state index in [0.29, 0.717) is 19.5 Å². The predicted molar refractivity (Wildman–Crippen MR) is 82.0 cm³/mol. The number of imidazole rings is 1. The highest BCUT2D eigenvalue weighted by Crippen LogP contribution is 2.15. The van der Waals surface area contributed by atoms with Gasteiger partial charge in [-0.1, -0.05) is 12.1 Å². The molecule has 118 valence electrons. The van der Waals surface area contributed by atoms with E-state index in [2.05, 4.69) is 10.3 Å². The van der Waals surface area contributed by atoms with Gasteiger partial charge >= 0.3 is 5.88 Å². The van der Waals surface area contributed by atoms with Crippen molar-refractivity contribution in [2.45, 2.75) is 13.0 Å². The number of rotatable bonds is 6. The molecule has 8 heteroatoms. The number of aryl methyl sites for hydroxylation is 1. The molecule has 2 heterocycles. The highest BCUT2D eigenvalue weighted by molar-refractivity contribution is 5.91. The normalized spacial score (nSPS) is 10.8. The number of carbonyl (C=O) groups is 1. The number of benzene rings is 1. The lowest BCUT2D eigenvalue weighted by Crippen LogP contribution is -2.24. The van der Waals surface area contributed by atoms with Crippen LogP contribution in [0.1, 0.15) is 17.0 Å². The van der Waals surface area contributed by atoms with Crippen LogP contribution in [0.4, 0.5) is 5.88 Å². The molecule has 0 unspecified atom stereocenters. The molecule has 0 aliphatic heterocycles. The van der Waals surface area contributed by atoms with E-state index in [9.17, 15) is 14.9 Å². The Morgan fingerprint density at radius 2 is 2.13 bits per heavy atom. The lowest BCUT2D eigenvalue weighted by Gasteiger charge is -2.05. The molecule has 0 atom stereocenters. The first-order valence-corrected chi connectivity index (χ1v) is 7.07. The molecule has 1 N–H and O–H groups in total. The second-order valence-corrected chi connectivity index (χ2v) is 4.93. The first-order chi connectivity index (χ1) is 11.1. The number of nitrogens with zero attached hydrogens (tertiary/aromatic N) is 3. The minimum absolute atomic E-state index is 0.0650. The smallest absolute Gasteiger partial charge is 0.395 e. The molecule has 0 fully saturated rings. The quantitative estimate of drug-likeness (QED) is 0.427. The van der Waals surface area contributed by atoms with Crippen molar-refractivity contribution in [2.75, 3.05) is 6.54 Å². The van der Waals surface area contributed by atoms with Crippen LogP contribution < -0.4 is 5.32 Å². The van der Waals surface area contributed by atoms with Gasteiger partial charge in [0.2, 0.25) is 0 Å². The molecule has 23 heavy (non-hydrogen) atoms. The van der Waals surface area contributed by atoms with Crippen molar-refractivity contribution in [2.24, 2.45) is 0 Å². The SMILES string of the molecule is O=C(NCCCn1cnc2ccccc21)c1ccc([N+](=O)[O-])o1. The Morgan fingerprint density at radius 1 is 1.30 bits per heavy atom. The van der Waals surface area contributed by atoms with E-state index >= 15 is 0 Å². The summed E-state index contributed by atoms with van der Waals surface area (Å²) in [5.41, 5.74) is 1.97. The number of nitrogens with one attached hydrogen (secondary N) is 1. The number of para-hydroxylation sites is 2. The molecule has 0 aliphatic carbocycles. The van der Waals surface area contributed by atoms with Gasteiger partial charge in [-0.15, -0.1) is 0 Å². The van der Waals surface area contributed by atoms with Crippen molar-refractivity contribution >= 4 is 22.8 Å². The lowest BCUT2D eigenvalue weighted by atomic mass is 10.3. The van der Waals surface area contributed by atoms with Crippen molar-refractivity contribution in [1.82, 2.24) is 14.9 Å². The van der Waals surface area contributed by atoms with Crippen molar-refractivity contribution in [3.05, 3.63) is 58.6 Å². The van der Waals surface area contributed by atoms with Crippen LogP contribution in [0.15, 0.2) is 47.1 Å². The summed E-state index contributed by atoms with van der Waals surface area (Å²) in [4.78, 5) is 25.9. The molecule has 1 amide bonds. The van der Waals surface area contributed by atoms with Gasteiger partial charge in [0.1, 0.15) is 4.92 Å². The summed E-state index contributed by atoms with van der Waals surface area (Å²) in [5, 5.41) is 13.2. The van der Waals surface area contributed by atoms with Gasteiger partial charge in [-0.2, -0.15) is 0 Å². The van der Waals surface area contributed by atoms with Crippen LogP contribution in [0, 0.1) is 10.1 Å². The molecule has 2 aromatic heterocycles. The molecule has 0 saturated carbocycles. The maximum absolute atomic E-state index is 11.8. The van der Waals surface area contributed by atoms with Crippen molar-refractivity contribution in [1.29, 1.82) is 0 Å². The van der Waals surface area contributed by atoms with Gasteiger partial charge in [0, 0.05) is 13.1 Å². The average Bonchev–Trinajstić information content (AvgIpc) is 3.19. The van der Waals surface area contributed by atoms with E-state index in [1.807, 2.05) is 28.8 Å². The number of nitro groups is 1. The summed E-state index contributed by atoms with van der Waals surface area (Å²) in [7, 11) is 0. The van der Waals surface area contributed by atoms with E-state index in [4.69, 9.17) is 4.42 Å². The highest BCUT2D eigenvalue weighted by atomic mass is 16.6. The summed E-state index contributed by atoms with van der Waals surface area (Å²) in [6, 6.07) is 10.3. The Bertz CT molecular complexity index is 852. The first kappa shape index (κ1) is 14.8. The molecule has 0 bridgehead atoms. The minimum atomic E-state index is -0.680. The van der Waals surface area contributed by atoms with Crippen LogP contribution in [0.25, 0.3) is 11.0 Å². The fourth-order valence-electron chi connectivity index (χ4n) is 2.27. The standard InChI is InChI=1S/C15H14N4O4/c20-15(13-6-7-14(23-13)19(21)22)16-8-3-9-18-10-17-11-4-1-2-5-12(11)18/h1-2,4-7,10H,3,8-9H2,(H,16,20). The van der Waals surface area contributed by atoms with E-state index in [1.54, 1.807) is 6.33 Å². The Kier molecular flexibility index (Phi) is 4.05. The number of furan rings is 1. The second kappa shape index (κ2) is 6.30. The molecule has 8 nitrogen and oxygen atoms in total. The number of amides is 1. The van der Waals surface area contributed by atoms with Crippen molar-refractivity contribution < 1.29 is 14.1 Å². The fourth-order valence-corrected chi connectivity index (χ4v) is 2.27. The third-order valence-corrected chi connectivity index (χ3v) is 3.38. The van der Waals surface area contributed by atoms with E-state index in [0.717, 1.165) is 17.1 Å². The Hall–Kier alpha value is -3.16. The zero-order valence-electron chi connectivity index (χ0n) is 12.1. The largest absolute Gasteiger partial charge is 0.433 e. The topological polar surface area (TPSA) is 103 Å². The van der Waals surface area contributed by atoms with Crippen LogP contribution in [-0.2, 0) is 6.54 Å². The van der Waals surface area contributed by atoms with Crippen molar-refractivity contribution in [3.63, 3.8) is 0 Å². The molecule has 0 aliphatic rings. The van der Waals surface area contributed by atoms with Crippen LogP contribution in [0.2, 0.25) is 0 Å². The van der Waals surface area contributed by atoms with Gasteiger partial charge in [0.15, 0.2) is 5.76 Å². The number of carbonyl (C=O) groups excluding carboxylic acids is 1. The van der Waals surface area contributed by atoms with Gasteiger partial charge in [0.05, 0.1) is 23.4 Å². The van der Waals surface area contributed by atoms with E-state index < -0.39 is 16.7 Å². The Morgan fingerprint density at radius 3 is 2.91 bits per heavy atom. The van der Waals surface area contributed by atoms with Crippen LogP contribution in [0.5, 0.6) is 0 Å². The third kappa shape index (κ3) is 3.20. The fraction of sp³-hybridized carbons (Fsp3) is 0.200. The summed E-state index contributed by atoms with van der Waals surface area (Å²) in [6.45, 7) is 1.14. The maximum Gasteiger partial charge on any atom is 0.433 e. The van der Waals surface area contributed by atoms with Gasteiger partial charge in [-0.25, -0.2) is 4.98 Å². The van der Waals surface area contributed by atoms with Crippen LogP contribution in [0.3, 0.4) is 0 Å². The van der Waals surface area contributed by atoms with Gasteiger partial charge in [-0.05, 0) is 24.6 Å². The number of hydrogen-bond donors (Lipinski definition) is 1. The molecule has 1 aromatic carbocycles. The second-order valence-electron chi connectivity index (χ2n) is 4.93. The van der Waals surface area contributed by atoms with Crippen molar-refractivity contribution in [3.8, 4) is 0 Å². The molecule has 3 rings (SSSR count). The number of fused-ring (bicyclic) bond motifs is 1. The average molecular weight is 314 g/mol. The van der Waals surface area contributed by atoms with E-state index in [-0.39, 0.29) is 5.76 Å². The number of aromatic nitrogens is 2. The summed E-state index contributed by atoms with van der Waals surface area (Å²) >= 11 is 0. The first-order valence-electron chi connectivity index (χ1n) is 7.07. The Balaban J connectivity index is 1.51. The Labute approximate surface area is 130 Å². The van der Waals surface area contributed by atoms with Gasteiger partial charge in [0.25, 0.3) is 5.91 Å². The van der Waals surface area contributed by atoms with E-state index in [1.165, 1.54) is 6.07 Å². The molecule has 0 spiro atoms.